The maximum absolute atomic E-state index is 12.7. The summed E-state index contributed by atoms with van der Waals surface area (Å²) in [5, 5.41) is 12.4. The molecule has 1 aliphatic rings. The van der Waals surface area contributed by atoms with Crippen LogP contribution in [0.3, 0.4) is 0 Å². The van der Waals surface area contributed by atoms with Gasteiger partial charge in [-0.1, -0.05) is 30.3 Å². The van der Waals surface area contributed by atoms with Crippen LogP contribution in [0.1, 0.15) is 30.9 Å². The van der Waals surface area contributed by atoms with Crippen LogP contribution >= 0.6 is 0 Å². The van der Waals surface area contributed by atoms with Crippen molar-refractivity contribution in [2.45, 2.75) is 25.3 Å². The molecule has 1 aromatic heterocycles. The van der Waals surface area contributed by atoms with Gasteiger partial charge in [0.1, 0.15) is 5.82 Å². The first kappa shape index (κ1) is 17.4. The number of carbonyl (C=O) groups excluding carboxylic acids is 1. The molecule has 1 aliphatic heterocycles. The Morgan fingerprint density at radius 2 is 2.00 bits per heavy atom. The van der Waals surface area contributed by atoms with Crippen molar-refractivity contribution < 1.29 is 9.90 Å². The number of nitrogens with one attached hydrogen (secondary N) is 1. The Bertz CT molecular complexity index is 658. The number of benzene rings is 1. The van der Waals surface area contributed by atoms with Crippen LogP contribution in [0.4, 0.5) is 5.82 Å². The third-order valence-corrected chi connectivity index (χ3v) is 4.68. The fraction of sp³-hybridized carbons (Fsp3) is 0.421. The molecule has 0 radical (unpaired) electrons. The molecule has 0 bridgehead atoms. The zero-order chi connectivity index (χ0) is 17.5. The van der Waals surface area contributed by atoms with Crippen LogP contribution in [-0.4, -0.2) is 40.7 Å². The maximum atomic E-state index is 12.7. The molecule has 1 amide bonds. The van der Waals surface area contributed by atoms with Crippen molar-refractivity contribution in [1.82, 2.24) is 15.3 Å². The summed E-state index contributed by atoms with van der Waals surface area (Å²) >= 11 is 0. The van der Waals surface area contributed by atoms with E-state index in [0.717, 1.165) is 37.3 Å². The Balaban J connectivity index is 1.56. The highest BCUT2D eigenvalue weighted by Crippen LogP contribution is 2.23. The summed E-state index contributed by atoms with van der Waals surface area (Å²) in [7, 11) is 0. The Kier molecular flexibility index (Phi) is 5.95. The number of anilines is 1. The molecule has 2 N–H and O–H groups in total. The molecule has 6 nitrogen and oxygen atoms in total. The lowest BCUT2D eigenvalue weighted by atomic mass is 9.94. The number of piperidine rings is 1. The zero-order valence-electron chi connectivity index (χ0n) is 14.2. The van der Waals surface area contributed by atoms with Gasteiger partial charge in [-0.15, -0.1) is 0 Å². The van der Waals surface area contributed by atoms with Crippen LogP contribution in [0.5, 0.6) is 0 Å². The van der Waals surface area contributed by atoms with E-state index in [0.29, 0.717) is 6.42 Å². The van der Waals surface area contributed by atoms with Crippen molar-refractivity contribution in [3.63, 3.8) is 0 Å². The summed E-state index contributed by atoms with van der Waals surface area (Å²) in [4.78, 5) is 23.2. The number of hydrogen-bond acceptors (Lipinski definition) is 5. The second-order valence-electron chi connectivity index (χ2n) is 6.31. The van der Waals surface area contributed by atoms with Crippen molar-refractivity contribution >= 4 is 11.7 Å². The third kappa shape index (κ3) is 4.54. The summed E-state index contributed by atoms with van der Waals surface area (Å²) in [5.74, 6) is 0.933. The molecule has 1 aromatic carbocycles. The van der Waals surface area contributed by atoms with Crippen LogP contribution in [-0.2, 0) is 4.79 Å². The lowest BCUT2D eigenvalue weighted by Crippen LogP contribution is -2.42. The molecule has 0 aliphatic carbocycles. The first-order valence-electron chi connectivity index (χ1n) is 8.75. The minimum Gasteiger partial charge on any atom is -0.396 e. The summed E-state index contributed by atoms with van der Waals surface area (Å²) in [5.41, 5.74) is 1.03. The average molecular weight is 340 g/mol. The zero-order valence-corrected chi connectivity index (χ0v) is 14.2. The third-order valence-electron chi connectivity index (χ3n) is 4.68. The van der Waals surface area contributed by atoms with Crippen molar-refractivity contribution in [3.05, 3.63) is 54.5 Å². The van der Waals surface area contributed by atoms with Gasteiger partial charge in [-0.25, -0.2) is 4.98 Å². The van der Waals surface area contributed by atoms with Crippen molar-refractivity contribution in [3.8, 4) is 0 Å². The number of aliphatic hydroxyl groups is 1. The highest BCUT2D eigenvalue weighted by Gasteiger charge is 2.27. The second-order valence-corrected chi connectivity index (χ2v) is 6.31. The van der Waals surface area contributed by atoms with E-state index in [1.165, 1.54) is 0 Å². The number of aliphatic hydroxyl groups excluding tert-OH is 1. The van der Waals surface area contributed by atoms with Gasteiger partial charge in [0.25, 0.3) is 0 Å². The molecule has 2 aromatic rings. The number of rotatable bonds is 6. The van der Waals surface area contributed by atoms with Crippen LogP contribution < -0.4 is 10.2 Å². The molecule has 25 heavy (non-hydrogen) atoms. The molecule has 0 spiro atoms. The molecular formula is C19H24N4O2. The van der Waals surface area contributed by atoms with Gasteiger partial charge >= 0.3 is 0 Å². The summed E-state index contributed by atoms with van der Waals surface area (Å²) in [6.45, 7) is 1.64. The summed E-state index contributed by atoms with van der Waals surface area (Å²) < 4.78 is 0. The molecule has 3 rings (SSSR count). The van der Waals surface area contributed by atoms with E-state index >= 15 is 0 Å². The lowest BCUT2D eigenvalue weighted by Gasteiger charge is -2.32. The van der Waals surface area contributed by atoms with E-state index in [1.807, 2.05) is 30.3 Å². The largest absolute Gasteiger partial charge is 0.396 e. The maximum Gasteiger partial charge on any atom is 0.223 e. The van der Waals surface area contributed by atoms with Gasteiger partial charge < -0.3 is 15.3 Å². The SMILES string of the molecule is O=C(NC(CCO)c1ccccc1)C1CCN(c2cnccn2)CC1. The minimum absolute atomic E-state index is 0.00201. The smallest absolute Gasteiger partial charge is 0.223 e. The summed E-state index contributed by atoms with van der Waals surface area (Å²) in [6.07, 6.45) is 7.22. The van der Waals surface area contributed by atoms with E-state index in [-0.39, 0.29) is 24.5 Å². The molecule has 1 unspecified atom stereocenters. The minimum atomic E-state index is -0.142. The first-order chi connectivity index (χ1) is 12.3. The normalized spacial score (nSPS) is 16.4. The number of hydrogen-bond donors (Lipinski definition) is 2. The van der Waals surface area contributed by atoms with Crippen molar-refractivity contribution in [2.75, 3.05) is 24.6 Å². The second kappa shape index (κ2) is 8.58. The van der Waals surface area contributed by atoms with Gasteiger partial charge in [0.15, 0.2) is 0 Å². The van der Waals surface area contributed by atoms with Gasteiger partial charge in [0.05, 0.1) is 12.2 Å². The highest BCUT2D eigenvalue weighted by atomic mass is 16.3. The van der Waals surface area contributed by atoms with E-state index in [2.05, 4.69) is 20.2 Å². The molecule has 1 atom stereocenters. The van der Waals surface area contributed by atoms with Crippen LogP contribution in [0.25, 0.3) is 0 Å². The van der Waals surface area contributed by atoms with E-state index in [4.69, 9.17) is 0 Å². The number of nitrogens with zero attached hydrogens (tertiary/aromatic N) is 3. The van der Waals surface area contributed by atoms with Crippen LogP contribution in [0.2, 0.25) is 0 Å². The first-order valence-corrected chi connectivity index (χ1v) is 8.75. The van der Waals surface area contributed by atoms with Gasteiger partial charge in [0.2, 0.25) is 5.91 Å². The summed E-state index contributed by atoms with van der Waals surface area (Å²) in [6, 6.07) is 9.67. The lowest BCUT2D eigenvalue weighted by molar-refractivity contribution is -0.126. The van der Waals surface area contributed by atoms with Crippen molar-refractivity contribution in [1.29, 1.82) is 0 Å². The average Bonchev–Trinajstić information content (AvgIpc) is 2.69. The standard InChI is InChI=1S/C19H24N4O2/c24-13-8-17(15-4-2-1-3-5-15)22-19(25)16-6-11-23(12-7-16)18-14-20-9-10-21-18/h1-5,9-10,14,16-17,24H,6-8,11-13H2,(H,22,25). The highest BCUT2D eigenvalue weighted by molar-refractivity contribution is 5.79. The molecule has 132 valence electrons. The van der Waals surface area contributed by atoms with Gasteiger partial charge in [0, 0.05) is 38.0 Å². The Labute approximate surface area is 147 Å². The van der Waals surface area contributed by atoms with E-state index < -0.39 is 0 Å². The predicted molar refractivity (Wildman–Crippen MR) is 96.0 cm³/mol. The van der Waals surface area contributed by atoms with Crippen LogP contribution in [0, 0.1) is 5.92 Å². The Hall–Kier alpha value is -2.47. The van der Waals surface area contributed by atoms with Gasteiger partial charge in [-0.2, -0.15) is 0 Å². The van der Waals surface area contributed by atoms with E-state index in [1.54, 1.807) is 18.6 Å². The Morgan fingerprint density at radius 1 is 1.24 bits per heavy atom. The molecule has 0 saturated carbocycles. The quantitative estimate of drug-likeness (QED) is 0.840. The predicted octanol–water partition coefficient (Wildman–Crippen LogP) is 1.93. The molecule has 1 fully saturated rings. The Morgan fingerprint density at radius 3 is 2.64 bits per heavy atom. The van der Waals surface area contributed by atoms with E-state index in [9.17, 15) is 9.90 Å². The van der Waals surface area contributed by atoms with Gasteiger partial charge in [-0.05, 0) is 24.8 Å². The van der Waals surface area contributed by atoms with Gasteiger partial charge in [-0.3, -0.25) is 9.78 Å². The molecular weight excluding hydrogens is 316 g/mol. The van der Waals surface area contributed by atoms with Crippen LogP contribution in [0.15, 0.2) is 48.9 Å². The number of amides is 1. The fourth-order valence-corrected chi connectivity index (χ4v) is 3.25. The topological polar surface area (TPSA) is 78.4 Å². The molecule has 6 heteroatoms. The fourth-order valence-electron chi connectivity index (χ4n) is 3.25. The number of aromatic nitrogens is 2. The van der Waals surface area contributed by atoms with Crippen molar-refractivity contribution in [2.24, 2.45) is 5.92 Å². The molecule has 1 saturated heterocycles. The molecule has 2 heterocycles. The monoisotopic (exact) mass is 340 g/mol. The number of carbonyl (C=O) groups is 1.